The molecule has 1 aliphatic rings. The molecular weight excluding hydrogens is 355 g/mol. The fourth-order valence-electron chi connectivity index (χ4n) is 3.52. The predicted molar refractivity (Wildman–Crippen MR) is 106 cm³/mol. The molecule has 4 rings (SSSR count). The van der Waals surface area contributed by atoms with Crippen molar-refractivity contribution in [2.75, 3.05) is 18.4 Å². The average Bonchev–Trinajstić information content (AvgIpc) is 2.74. The van der Waals surface area contributed by atoms with Gasteiger partial charge >= 0.3 is 0 Å². The molecule has 1 unspecified atom stereocenters. The second-order valence-electron chi connectivity index (χ2n) is 6.90. The minimum Gasteiger partial charge on any atom is -0.338 e. The third kappa shape index (κ3) is 4.17. The zero-order chi connectivity index (χ0) is 19.3. The Hall–Kier alpha value is -3.28. The van der Waals surface area contributed by atoms with Crippen molar-refractivity contribution in [3.05, 3.63) is 83.9 Å². The van der Waals surface area contributed by atoms with Crippen molar-refractivity contribution < 1.29 is 9.18 Å². The van der Waals surface area contributed by atoms with Crippen LogP contribution in [-0.2, 0) is 0 Å². The van der Waals surface area contributed by atoms with Gasteiger partial charge in [-0.25, -0.2) is 14.4 Å². The normalized spacial score (nSPS) is 16.6. The van der Waals surface area contributed by atoms with Crippen LogP contribution in [0.1, 0.15) is 34.8 Å². The van der Waals surface area contributed by atoms with Gasteiger partial charge in [-0.05, 0) is 49.2 Å². The first-order valence-electron chi connectivity index (χ1n) is 9.39. The van der Waals surface area contributed by atoms with Crippen LogP contribution in [0.2, 0.25) is 0 Å². The molecule has 0 aliphatic carbocycles. The standard InChI is InChI=1S/C22H21FN4O/c23-18-9-4-10-19(14-18)25-22-24-12-11-20(26-22)17-8-5-13-27(15-17)21(28)16-6-2-1-3-7-16/h1-4,6-7,9-12,14,17H,5,8,13,15H2,(H,24,25,26). The van der Waals surface area contributed by atoms with Crippen LogP contribution in [-0.4, -0.2) is 33.9 Å². The van der Waals surface area contributed by atoms with Crippen molar-refractivity contribution in [2.45, 2.75) is 18.8 Å². The van der Waals surface area contributed by atoms with E-state index in [1.807, 2.05) is 41.3 Å². The van der Waals surface area contributed by atoms with Gasteiger partial charge < -0.3 is 10.2 Å². The third-order valence-electron chi connectivity index (χ3n) is 4.91. The van der Waals surface area contributed by atoms with Gasteiger partial charge in [0.05, 0.1) is 5.69 Å². The number of rotatable bonds is 4. The van der Waals surface area contributed by atoms with Gasteiger partial charge in [0.2, 0.25) is 5.95 Å². The molecule has 1 saturated heterocycles. The molecule has 1 N–H and O–H groups in total. The summed E-state index contributed by atoms with van der Waals surface area (Å²) in [5.41, 5.74) is 2.19. The maximum atomic E-state index is 13.4. The number of aromatic nitrogens is 2. The van der Waals surface area contributed by atoms with Crippen LogP contribution in [0.4, 0.5) is 16.0 Å². The first-order valence-corrected chi connectivity index (χ1v) is 9.39. The number of carbonyl (C=O) groups excluding carboxylic acids is 1. The lowest BCUT2D eigenvalue weighted by Crippen LogP contribution is -2.39. The fraction of sp³-hybridized carbons (Fsp3) is 0.227. The molecule has 0 bridgehead atoms. The number of benzene rings is 2. The lowest BCUT2D eigenvalue weighted by Gasteiger charge is -2.32. The molecule has 2 aromatic carbocycles. The Morgan fingerprint density at radius 2 is 1.96 bits per heavy atom. The number of hydrogen-bond donors (Lipinski definition) is 1. The molecule has 6 heteroatoms. The number of piperidine rings is 1. The van der Waals surface area contributed by atoms with Crippen molar-refractivity contribution in [1.82, 2.24) is 14.9 Å². The summed E-state index contributed by atoms with van der Waals surface area (Å²) in [5.74, 6) is 0.313. The molecule has 0 saturated carbocycles. The number of nitrogens with zero attached hydrogens (tertiary/aromatic N) is 3. The lowest BCUT2D eigenvalue weighted by molar-refractivity contribution is 0.0706. The van der Waals surface area contributed by atoms with Gasteiger partial charge in [-0.3, -0.25) is 4.79 Å². The van der Waals surface area contributed by atoms with Crippen molar-refractivity contribution in [3.8, 4) is 0 Å². The van der Waals surface area contributed by atoms with Gasteiger partial charge in [0.25, 0.3) is 5.91 Å². The Morgan fingerprint density at radius 1 is 1.11 bits per heavy atom. The summed E-state index contributed by atoms with van der Waals surface area (Å²) in [4.78, 5) is 23.5. The van der Waals surface area contributed by atoms with Gasteiger partial charge in [0.15, 0.2) is 0 Å². The highest BCUT2D eigenvalue weighted by molar-refractivity contribution is 5.94. The quantitative estimate of drug-likeness (QED) is 0.734. The second kappa shape index (κ2) is 8.17. The Bertz CT molecular complexity index is 964. The third-order valence-corrected chi connectivity index (χ3v) is 4.91. The van der Waals surface area contributed by atoms with Gasteiger partial charge in [0, 0.05) is 36.5 Å². The molecule has 5 nitrogen and oxygen atoms in total. The van der Waals surface area contributed by atoms with E-state index >= 15 is 0 Å². The number of likely N-dealkylation sites (tertiary alicyclic amines) is 1. The van der Waals surface area contributed by atoms with Gasteiger partial charge in [-0.1, -0.05) is 24.3 Å². The largest absolute Gasteiger partial charge is 0.338 e. The molecule has 142 valence electrons. The molecule has 28 heavy (non-hydrogen) atoms. The molecule has 2 heterocycles. The van der Waals surface area contributed by atoms with E-state index in [0.29, 0.717) is 23.7 Å². The number of halogens is 1. The van der Waals surface area contributed by atoms with Gasteiger partial charge in [-0.15, -0.1) is 0 Å². The van der Waals surface area contributed by atoms with E-state index in [4.69, 9.17) is 0 Å². The van der Waals surface area contributed by atoms with Gasteiger partial charge in [-0.2, -0.15) is 0 Å². The maximum Gasteiger partial charge on any atom is 0.253 e. The predicted octanol–water partition coefficient (Wildman–Crippen LogP) is 4.38. The zero-order valence-electron chi connectivity index (χ0n) is 15.4. The molecule has 3 aromatic rings. The summed E-state index contributed by atoms with van der Waals surface area (Å²) in [6, 6.07) is 17.4. The second-order valence-corrected chi connectivity index (χ2v) is 6.90. The molecule has 0 spiro atoms. The zero-order valence-corrected chi connectivity index (χ0v) is 15.4. The van der Waals surface area contributed by atoms with Crippen molar-refractivity contribution >= 4 is 17.5 Å². The minimum absolute atomic E-state index is 0.0532. The highest BCUT2D eigenvalue weighted by Crippen LogP contribution is 2.27. The van der Waals surface area contributed by atoms with E-state index in [2.05, 4.69) is 15.3 Å². The molecular formula is C22H21FN4O. The van der Waals surface area contributed by atoms with Crippen molar-refractivity contribution in [2.24, 2.45) is 0 Å². The summed E-state index contributed by atoms with van der Waals surface area (Å²) in [6.07, 6.45) is 3.59. The first kappa shape index (κ1) is 18.1. The number of amides is 1. The molecule has 0 radical (unpaired) electrons. The SMILES string of the molecule is O=C(c1ccccc1)N1CCCC(c2ccnc(Nc3cccc(F)c3)n2)C1. The summed E-state index contributed by atoms with van der Waals surface area (Å²) in [6.45, 7) is 1.38. The summed E-state index contributed by atoms with van der Waals surface area (Å²) < 4.78 is 13.4. The monoisotopic (exact) mass is 376 g/mol. The number of carbonyl (C=O) groups is 1. The molecule has 1 atom stereocenters. The van der Waals surface area contributed by atoms with Crippen LogP contribution in [0.25, 0.3) is 0 Å². The first-order chi connectivity index (χ1) is 13.7. The van der Waals surface area contributed by atoms with Crippen molar-refractivity contribution in [1.29, 1.82) is 0 Å². The molecule has 1 amide bonds. The van der Waals surface area contributed by atoms with Crippen molar-refractivity contribution in [3.63, 3.8) is 0 Å². The van der Waals surface area contributed by atoms with E-state index < -0.39 is 0 Å². The van der Waals surface area contributed by atoms with E-state index in [-0.39, 0.29) is 17.6 Å². The Kier molecular flexibility index (Phi) is 5.28. The van der Waals surface area contributed by atoms with Crippen LogP contribution < -0.4 is 5.32 Å². The van der Waals surface area contributed by atoms with E-state index in [1.54, 1.807) is 18.3 Å². The highest BCUT2D eigenvalue weighted by Gasteiger charge is 2.26. The Labute approximate surface area is 163 Å². The highest BCUT2D eigenvalue weighted by atomic mass is 19.1. The van der Waals surface area contributed by atoms with Crippen LogP contribution >= 0.6 is 0 Å². The van der Waals surface area contributed by atoms with E-state index in [0.717, 1.165) is 25.1 Å². The van der Waals surface area contributed by atoms with Crippen LogP contribution in [0.3, 0.4) is 0 Å². The number of nitrogens with one attached hydrogen (secondary N) is 1. The summed E-state index contributed by atoms with van der Waals surface area (Å²) in [5, 5.41) is 3.04. The maximum absolute atomic E-state index is 13.4. The van der Waals surface area contributed by atoms with Crippen LogP contribution in [0, 0.1) is 5.82 Å². The summed E-state index contributed by atoms with van der Waals surface area (Å²) in [7, 11) is 0. The molecule has 1 aromatic heterocycles. The molecule has 1 aliphatic heterocycles. The Morgan fingerprint density at radius 3 is 2.79 bits per heavy atom. The topological polar surface area (TPSA) is 58.1 Å². The van der Waals surface area contributed by atoms with Gasteiger partial charge in [0.1, 0.15) is 5.82 Å². The van der Waals surface area contributed by atoms with Crippen LogP contribution in [0.5, 0.6) is 0 Å². The lowest BCUT2D eigenvalue weighted by atomic mass is 9.94. The smallest absolute Gasteiger partial charge is 0.253 e. The fourth-order valence-corrected chi connectivity index (χ4v) is 3.52. The van der Waals surface area contributed by atoms with E-state index in [9.17, 15) is 9.18 Å². The Balaban J connectivity index is 1.48. The van der Waals surface area contributed by atoms with E-state index in [1.165, 1.54) is 12.1 Å². The van der Waals surface area contributed by atoms with Crippen LogP contribution in [0.15, 0.2) is 66.9 Å². The molecule has 1 fully saturated rings. The number of hydrogen-bond acceptors (Lipinski definition) is 4. The number of anilines is 2. The minimum atomic E-state index is -0.316. The average molecular weight is 376 g/mol. The summed E-state index contributed by atoms with van der Waals surface area (Å²) >= 11 is 0.